The van der Waals surface area contributed by atoms with Crippen LogP contribution in [0.2, 0.25) is 0 Å². The molecule has 6 aromatic carbocycles. The molecule has 0 unspecified atom stereocenters. The van der Waals surface area contributed by atoms with E-state index in [1.807, 2.05) is 109 Å². The fourth-order valence-corrected chi connectivity index (χ4v) is 6.14. The van der Waals surface area contributed by atoms with E-state index in [2.05, 4.69) is 92.6 Å². The zero-order valence-corrected chi connectivity index (χ0v) is 27.8. The van der Waals surface area contributed by atoms with Crippen LogP contribution in [0.25, 0.3) is 69.8 Å². The lowest BCUT2D eigenvalue weighted by molar-refractivity contribution is 0.589. The number of rotatable bonds is 9. The topological polar surface area (TPSA) is 81.3 Å². The number of aromatic nitrogens is 3. The lowest BCUT2D eigenvalue weighted by Gasteiger charge is -2.26. The fourth-order valence-electron chi connectivity index (χ4n) is 6.14. The molecule has 52 heavy (non-hydrogen) atoms. The number of hydrogen-bond donors (Lipinski definition) is 0. The molecule has 0 fully saturated rings. The van der Waals surface area contributed by atoms with Crippen molar-refractivity contribution in [2.45, 2.75) is 0 Å². The Labute approximate surface area is 299 Å². The van der Waals surface area contributed by atoms with Gasteiger partial charge >= 0.3 is 0 Å². The van der Waals surface area contributed by atoms with Gasteiger partial charge in [-0.1, -0.05) is 72.8 Å². The lowest BCUT2D eigenvalue weighted by atomic mass is 10.1. The third kappa shape index (κ3) is 6.54. The highest BCUT2D eigenvalue weighted by Gasteiger charge is 2.14. The summed E-state index contributed by atoms with van der Waals surface area (Å²) in [5.41, 5.74) is 10.7. The second kappa shape index (κ2) is 13.6. The summed E-state index contributed by atoms with van der Waals surface area (Å²) in [7, 11) is 0. The maximum absolute atomic E-state index is 5.93. The first-order chi connectivity index (χ1) is 25.7. The lowest BCUT2D eigenvalue weighted by Crippen LogP contribution is -2.10. The van der Waals surface area contributed by atoms with E-state index in [0.717, 1.165) is 67.1 Å². The second-order valence-corrected chi connectivity index (χ2v) is 12.2. The molecule has 7 nitrogen and oxygen atoms in total. The zero-order valence-electron chi connectivity index (χ0n) is 27.8. The molecule has 0 amide bonds. The van der Waals surface area contributed by atoms with E-state index in [4.69, 9.17) is 13.3 Å². The van der Waals surface area contributed by atoms with Gasteiger partial charge in [-0.05, 0) is 108 Å². The third-order valence-electron chi connectivity index (χ3n) is 8.57. The van der Waals surface area contributed by atoms with Gasteiger partial charge in [-0.25, -0.2) is 15.0 Å². The van der Waals surface area contributed by atoms with Crippen molar-refractivity contribution < 1.29 is 13.3 Å². The Morgan fingerprint density at radius 2 is 0.673 bits per heavy atom. The van der Waals surface area contributed by atoms with Gasteiger partial charge in [0.05, 0.1) is 0 Å². The van der Waals surface area contributed by atoms with Crippen molar-refractivity contribution in [1.29, 1.82) is 0 Å². The van der Waals surface area contributed by atoms with Gasteiger partial charge in [0, 0.05) is 35.3 Å². The summed E-state index contributed by atoms with van der Waals surface area (Å²) in [4.78, 5) is 16.1. The molecule has 0 radical (unpaired) electrons. The Balaban J connectivity index is 1.07. The molecule has 7 heteroatoms. The number of hydrogen-bond acceptors (Lipinski definition) is 7. The first-order valence-corrected chi connectivity index (χ1v) is 16.9. The Hall–Kier alpha value is -7.25. The normalized spacial score (nSPS) is 12.0. The summed E-state index contributed by atoms with van der Waals surface area (Å²) in [6.07, 6.45) is 11.8. The van der Waals surface area contributed by atoms with Gasteiger partial charge in [-0.15, -0.1) is 0 Å². The molecule has 0 aliphatic rings. The molecule has 0 aliphatic carbocycles. The largest absolute Gasteiger partial charge is 0.437 e. The number of fused-ring (bicyclic) bond motifs is 3. The van der Waals surface area contributed by atoms with Gasteiger partial charge in [0.2, 0.25) is 17.7 Å². The van der Waals surface area contributed by atoms with E-state index >= 15 is 0 Å². The minimum Gasteiger partial charge on any atom is -0.437 e. The minimum absolute atomic E-state index is 0.556. The van der Waals surface area contributed by atoms with Crippen molar-refractivity contribution >= 4 is 86.8 Å². The van der Waals surface area contributed by atoms with E-state index in [0.29, 0.717) is 17.7 Å². The molecule has 9 rings (SSSR count). The number of anilines is 3. The van der Waals surface area contributed by atoms with Crippen LogP contribution >= 0.6 is 0 Å². The average molecular weight is 675 g/mol. The summed E-state index contributed by atoms with van der Waals surface area (Å²) < 4.78 is 17.8. The van der Waals surface area contributed by atoms with Crippen LogP contribution in [0.4, 0.5) is 17.1 Å². The van der Waals surface area contributed by atoms with Crippen LogP contribution in [0.15, 0.2) is 159 Å². The number of nitrogens with zero attached hydrogens (tertiary/aromatic N) is 4. The van der Waals surface area contributed by atoms with E-state index in [1.54, 1.807) is 0 Å². The molecule has 0 aliphatic heterocycles. The molecule has 0 saturated carbocycles. The van der Waals surface area contributed by atoms with Crippen LogP contribution in [0.5, 0.6) is 0 Å². The monoisotopic (exact) mass is 674 g/mol. The third-order valence-corrected chi connectivity index (χ3v) is 8.57. The molecular weight excluding hydrogens is 645 g/mol. The fraction of sp³-hybridized carbons (Fsp3) is 0. The Bertz CT molecular complexity index is 2380. The maximum atomic E-state index is 5.93. The molecule has 0 saturated heterocycles. The Kier molecular flexibility index (Phi) is 8.04. The molecule has 3 aromatic heterocycles. The Morgan fingerprint density at radius 3 is 1.00 bits per heavy atom. The second-order valence-electron chi connectivity index (χ2n) is 12.2. The van der Waals surface area contributed by atoms with Crippen molar-refractivity contribution in [3.63, 3.8) is 0 Å². The highest BCUT2D eigenvalue weighted by molar-refractivity contribution is 5.84. The van der Waals surface area contributed by atoms with Gasteiger partial charge in [0.25, 0.3) is 0 Å². The molecule has 9 aromatic rings. The summed E-state index contributed by atoms with van der Waals surface area (Å²) >= 11 is 0. The smallest absolute Gasteiger partial charge is 0.220 e. The molecule has 0 N–H and O–H groups in total. The number of para-hydroxylation sites is 6. The predicted octanol–water partition coefficient (Wildman–Crippen LogP) is 12.1. The van der Waals surface area contributed by atoms with Crippen LogP contribution in [-0.2, 0) is 0 Å². The average Bonchev–Trinajstić information content (AvgIpc) is 3.92. The van der Waals surface area contributed by atoms with Gasteiger partial charge < -0.3 is 18.2 Å². The maximum Gasteiger partial charge on any atom is 0.220 e. The summed E-state index contributed by atoms with van der Waals surface area (Å²) in [6, 6.07) is 48.5. The summed E-state index contributed by atoms with van der Waals surface area (Å²) in [5, 5.41) is 0. The zero-order chi connectivity index (χ0) is 34.7. The number of oxazole rings is 3. The van der Waals surface area contributed by atoms with Crippen LogP contribution < -0.4 is 4.90 Å². The van der Waals surface area contributed by atoms with E-state index in [-0.39, 0.29) is 0 Å². The van der Waals surface area contributed by atoms with E-state index in [9.17, 15) is 0 Å². The summed E-state index contributed by atoms with van der Waals surface area (Å²) in [6.45, 7) is 0. The highest BCUT2D eigenvalue weighted by Crippen LogP contribution is 2.36. The van der Waals surface area contributed by atoms with Crippen molar-refractivity contribution in [3.05, 3.63) is 180 Å². The molecule has 248 valence electrons. The molecule has 0 bridgehead atoms. The quantitative estimate of drug-likeness (QED) is 0.151. The molecular formula is C45H30N4O3. The van der Waals surface area contributed by atoms with Crippen LogP contribution in [0, 0.1) is 0 Å². The van der Waals surface area contributed by atoms with Crippen molar-refractivity contribution in [2.75, 3.05) is 4.90 Å². The molecule has 0 atom stereocenters. The summed E-state index contributed by atoms with van der Waals surface area (Å²) in [5.74, 6) is 1.67. The van der Waals surface area contributed by atoms with E-state index < -0.39 is 0 Å². The van der Waals surface area contributed by atoms with Crippen LogP contribution in [0.1, 0.15) is 34.4 Å². The first-order valence-electron chi connectivity index (χ1n) is 16.9. The predicted molar refractivity (Wildman–Crippen MR) is 210 cm³/mol. The van der Waals surface area contributed by atoms with Gasteiger partial charge in [-0.2, -0.15) is 0 Å². The van der Waals surface area contributed by atoms with Crippen molar-refractivity contribution in [3.8, 4) is 0 Å². The molecule has 0 spiro atoms. The SMILES string of the molecule is C(=C\c1nc2ccccc2o1)/c1cccc(N(c2cccc(/C=C/c3nc4ccccc4o3)c2)c2cccc(/C=C/c3nc4ccccc4o3)c2)c1. The van der Waals surface area contributed by atoms with Gasteiger partial charge in [-0.3, -0.25) is 0 Å². The first kappa shape index (κ1) is 30.8. The van der Waals surface area contributed by atoms with Crippen LogP contribution in [0.3, 0.4) is 0 Å². The van der Waals surface area contributed by atoms with Crippen molar-refractivity contribution in [1.82, 2.24) is 15.0 Å². The van der Waals surface area contributed by atoms with Gasteiger partial charge in [0.1, 0.15) is 16.6 Å². The number of benzene rings is 6. The minimum atomic E-state index is 0.556. The van der Waals surface area contributed by atoms with Crippen molar-refractivity contribution in [2.24, 2.45) is 0 Å². The van der Waals surface area contributed by atoms with E-state index in [1.165, 1.54) is 0 Å². The Morgan fingerprint density at radius 1 is 0.346 bits per heavy atom. The van der Waals surface area contributed by atoms with Crippen LogP contribution in [-0.4, -0.2) is 15.0 Å². The standard InChI is InChI=1S/C45H30N4O3/c1-4-19-40-37(16-1)46-43(50-40)25-22-31-10-7-13-34(28-31)49(35-14-8-11-32(29-35)23-26-44-47-38-17-2-5-20-41(38)51-44)36-15-9-12-33(30-36)24-27-45-48-39-18-3-6-21-42(39)52-45/h1-30H/b25-22+,26-23+,27-24+. The molecule has 3 heterocycles. The highest BCUT2D eigenvalue weighted by atomic mass is 16.4. The van der Waals surface area contributed by atoms with Gasteiger partial charge in [0.15, 0.2) is 16.7 Å².